The van der Waals surface area contributed by atoms with Crippen LogP contribution in [0.4, 0.5) is 0 Å². The lowest BCUT2D eigenvalue weighted by Crippen LogP contribution is -2.22. The van der Waals surface area contributed by atoms with Crippen LogP contribution in [0.2, 0.25) is 15.1 Å². The first-order chi connectivity index (χ1) is 13.1. The van der Waals surface area contributed by atoms with Crippen LogP contribution in [0.15, 0.2) is 61.2 Å². The molecule has 3 rings (SSSR count). The van der Waals surface area contributed by atoms with E-state index in [-0.39, 0.29) is 6.10 Å². The Kier molecular flexibility index (Phi) is 7.92. The molecular formula is C20H19Cl3N2OS. The Morgan fingerprint density at radius 1 is 1.04 bits per heavy atom. The highest BCUT2D eigenvalue weighted by Crippen LogP contribution is 2.23. The van der Waals surface area contributed by atoms with Crippen LogP contribution >= 0.6 is 46.6 Å². The number of aromatic nitrogens is 2. The van der Waals surface area contributed by atoms with Gasteiger partial charge in [-0.25, -0.2) is 4.98 Å². The second-order valence-corrected chi connectivity index (χ2v) is 8.38. The van der Waals surface area contributed by atoms with Gasteiger partial charge in [-0.1, -0.05) is 53.0 Å². The minimum Gasteiger partial charge on any atom is -0.371 e. The van der Waals surface area contributed by atoms with E-state index in [1.807, 2.05) is 46.8 Å². The van der Waals surface area contributed by atoms with Crippen LogP contribution in [0.5, 0.6) is 0 Å². The SMILES string of the molecule is Clc1ccc(CSCC(Cn2ccnc2)OCc2ccc(Cl)cc2Cl)cc1. The van der Waals surface area contributed by atoms with Crippen molar-refractivity contribution in [2.45, 2.75) is 25.0 Å². The van der Waals surface area contributed by atoms with E-state index >= 15 is 0 Å². The zero-order valence-corrected chi connectivity index (χ0v) is 17.6. The van der Waals surface area contributed by atoms with Crippen LogP contribution < -0.4 is 0 Å². The average Bonchev–Trinajstić information content (AvgIpc) is 3.15. The fourth-order valence-electron chi connectivity index (χ4n) is 2.52. The molecule has 0 bridgehead atoms. The van der Waals surface area contributed by atoms with Crippen LogP contribution in [0, 0.1) is 0 Å². The van der Waals surface area contributed by atoms with Crippen molar-refractivity contribution in [2.24, 2.45) is 0 Å². The molecule has 1 atom stereocenters. The molecule has 142 valence electrons. The third-order valence-electron chi connectivity index (χ3n) is 3.95. The van der Waals surface area contributed by atoms with E-state index in [1.54, 1.807) is 18.6 Å². The van der Waals surface area contributed by atoms with Gasteiger partial charge in [-0.05, 0) is 35.4 Å². The Morgan fingerprint density at radius 3 is 2.52 bits per heavy atom. The largest absolute Gasteiger partial charge is 0.371 e. The number of hydrogen-bond acceptors (Lipinski definition) is 3. The lowest BCUT2D eigenvalue weighted by atomic mass is 10.2. The molecular weight excluding hydrogens is 423 g/mol. The summed E-state index contributed by atoms with van der Waals surface area (Å²) in [5.74, 6) is 1.76. The second kappa shape index (κ2) is 10.4. The molecule has 0 aliphatic carbocycles. The van der Waals surface area contributed by atoms with Gasteiger partial charge in [0.25, 0.3) is 0 Å². The molecule has 0 saturated heterocycles. The molecule has 1 heterocycles. The van der Waals surface area contributed by atoms with Gasteiger partial charge in [0, 0.05) is 39.0 Å². The zero-order valence-electron chi connectivity index (χ0n) is 14.5. The maximum atomic E-state index is 6.26. The number of halogens is 3. The van der Waals surface area contributed by atoms with Crippen molar-refractivity contribution >= 4 is 46.6 Å². The summed E-state index contributed by atoms with van der Waals surface area (Å²) in [5, 5.41) is 2.00. The number of benzene rings is 2. The summed E-state index contributed by atoms with van der Waals surface area (Å²) in [7, 11) is 0. The molecule has 0 radical (unpaired) electrons. The van der Waals surface area contributed by atoms with E-state index in [4.69, 9.17) is 39.5 Å². The van der Waals surface area contributed by atoms with Gasteiger partial charge in [-0.15, -0.1) is 0 Å². The molecule has 0 spiro atoms. The topological polar surface area (TPSA) is 27.1 Å². The van der Waals surface area contributed by atoms with Crippen molar-refractivity contribution < 1.29 is 4.74 Å². The monoisotopic (exact) mass is 440 g/mol. The van der Waals surface area contributed by atoms with Gasteiger partial charge in [0.05, 0.1) is 25.6 Å². The average molecular weight is 442 g/mol. The van der Waals surface area contributed by atoms with Crippen LogP contribution in [-0.4, -0.2) is 21.4 Å². The molecule has 3 aromatic rings. The highest BCUT2D eigenvalue weighted by molar-refractivity contribution is 7.98. The fourth-order valence-corrected chi connectivity index (χ4v) is 4.12. The predicted octanol–water partition coefficient (Wildman–Crippen LogP) is 6.36. The Balaban J connectivity index is 1.57. The van der Waals surface area contributed by atoms with Crippen molar-refractivity contribution in [3.05, 3.63) is 87.4 Å². The van der Waals surface area contributed by atoms with Gasteiger partial charge in [0.2, 0.25) is 0 Å². The van der Waals surface area contributed by atoms with Crippen LogP contribution in [0.3, 0.4) is 0 Å². The number of hydrogen-bond donors (Lipinski definition) is 0. The quantitative estimate of drug-likeness (QED) is 0.386. The minimum atomic E-state index is 0.0308. The Morgan fingerprint density at radius 2 is 1.81 bits per heavy atom. The Bertz CT molecular complexity index is 841. The first kappa shape index (κ1) is 20.6. The number of imidazole rings is 1. The highest BCUT2D eigenvalue weighted by Gasteiger charge is 2.12. The van der Waals surface area contributed by atoms with E-state index in [1.165, 1.54) is 5.56 Å². The molecule has 1 aromatic heterocycles. The lowest BCUT2D eigenvalue weighted by molar-refractivity contribution is 0.0451. The van der Waals surface area contributed by atoms with Crippen molar-refractivity contribution in [3.8, 4) is 0 Å². The first-order valence-electron chi connectivity index (χ1n) is 8.43. The fraction of sp³-hybridized carbons (Fsp3) is 0.250. The second-order valence-electron chi connectivity index (χ2n) is 6.07. The molecule has 0 aliphatic heterocycles. The van der Waals surface area contributed by atoms with Gasteiger partial charge in [-0.2, -0.15) is 11.8 Å². The van der Waals surface area contributed by atoms with Crippen molar-refractivity contribution in [1.29, 1.82) is 0 Å². The molecule has 0 saturated carbocycles. The number of nitrogens with zero attached hydrogens (tertiary/aromatic N) is 2. The van der Waals surface area contributed by atoms with Gasteiger partial charge >= 0.3 is 0 Å². The Hall–Kier alpha value is -1.17. The first-order valence-corrected chi connectivity index (χ1v) is 10.7. The van der Waals surface area contributed by atoms with Crippen LogP contribution in [-0.2, 0) is 23.6 Å². The zero-order chi connectivity index (χ0) is 19.1. The molecule has 7 heteroatoms. The molecule has 0 amide bonds. The van der Waals surface area contributed by atoms with E-state index < -0.39 is 0 Å². The van der Waals surface area contributed by atoms with Gasteiger partial charge in [0.1, 0.15) is 0 Å². The summed E-state index contributed by atoms with van der Waals surface area (Å²) >= 11 is 20.0. The van der Waals surface area contributed by atoms with E-state index in [2.05, 4.69) is 17.1 Å². The van der Waals surface area contributed by atoms with Crippen LogP contribution in [0.25, 0.3) is 0 Å². The summed E-state index contributed by atoms with van der Waals surface area (Å²) < 4.78 is 8.19. The van der Waals surface area contributed by atoms with E-state index in [0.717, 1.165) is 28.6 Å². The molecule has 0 aliphatic rings. The maximum absolute atomic E-state index is 6.26. The number of thioether (sulfide) groups is 1. The van der Waals surface area contributed by atoms with Gasteiger partial charge in [-0.3, -0.25) is 0 Å². The molecule has 0 N–H and O–H groups in total. The van der Waals surface area contributed by atoms with Crippen molar-refractivity contribution in [1.82, 2.24) is 9.55 Å². The molecule has 1 unspecified atom stereocenters. The van der Waals surface area contributed by atoms with Crippen LogP contribution in [0.1, 0.15) is 11.1 Å². The predicted molar refractivity (Wildman–Crippen MR) is 115 cm³/mol. The van der Waals surface area contributed by atoms with E-state index in [9.17, 15) is 0 Å². The molecule has 2 aromatic carbocycles. The minimum absolute atomic E-state index is 0.0308. The van der Waals surface area contributed by atoms with E-state index in [0.29, 0.717) is 16.7 Å². The highest BCUT2D eigenvalue weighted by atomic mass is 35.5. The normalized spacial score (nSPS) is 12.3. The standard InChI is InChI=1S/C20H19Cl3N2OS/c21-17-4-1-15(2-5-17)12-27-13-19(10-25-8-7-24-14-25)26-11-16-3-6-18(22)9-20(16)23/h1-9,14,19H,10-13H2. The summed E-state index contributed by atoms with van der Waals surface area (Å²) in [6.45, 7) is 1.18. The number of ether oxygens (including phenoxy) is 1. The molecule has 3 nitrogen and oxygen atoms in total. The van der Waals surface area contributed by atoms with Crippen molar-refractivity contribution in [2.75, 3.05) is 5.75 Å². The Labute approximate surface area is 178 Å². The van der Waals surface area contributed by atoms with Crippen molar-refractivity contribution in [3.63, 3.8) is 0 Å². The third kappa shape index (κ3) is 6.74. The smallest absolute Gasteiger partial charge is 0.0946 e. The number of rotatable bonds is 9. The summed E-state index contributed by atoms with van der Waals surface area (Å²) in [6.07, 6.45) is 5.54. The molecule has 27 heavy (non-hydrogen) atoms. The maximum Gasteiger partial charge on any atom is 0.0946 e. The summed E-state index contributed by atoms with van der Waals surface area (Å²) in [4.78, 5) is 4.11. The summed E-state index contributed by atoms with van der Waals surface area (Å²) in [6, 6.07) is 13.4. The van der Waals surface area contributed by atoms with Gasteiger partial charge in [0.15, 0.2) is 0 Å². The third-order valence-corrected chi connectivity index (χ3v) is 5.93. The lowest BCUT2D eigenvalue weighted by Gasteiger charge is -2.19. The van der Waals surface area contributed by atoms with Gasteiger partial charge < -0.3 is 9.30 Å². The molecule has 0 fully saturated rings. The summed E-state index contributed by atoms with van der Waals surface area (Å²) in [5.41, 5.74) is 2.17.